The van der Waals surface area contributed by atoms with Crippen LogP contribution in [0.4, 0.5) is 0 Å². The molecule has 0 radical (unpaired) electrons. The summed E-state index contributed by atoms with van der Waals surface area (Å²) in [5.74, 6) is 0. The normalized spacial score (nSPS) is 15.9. The smallest absolute Gasteiger partial charge is 0.124 e. The second-order valence-electron chi connectivity index (χ2n) is 5.04. The second kappa shape index (κ2) is 6.30. The van der Waals surface area contributed by atoms with Gasteiger partial charge in [-0.15, -0.1) is 10.2 Å². The molecular formula is C15H14N8. The largest absolute Gasteiger partial charge is 0.245 e. The number of aryl methyl sites for hydroxylation is 2. The molecule has 1 aliphatic heterocycles. The first kappa shape index (κ1) is 14.8. The van der Waals surface area contributed by atoms with Gasteiger partial charge in [0.15, 0.2) is 0 Å². The molecule has 0 N–H and O–H groups in total. The molecular weight excluding hydrogens is 292 g/mol. The van der Waals surface area contributed by atoms with Crippen molar-refractivity contribution in [1.82, 2.24) is 0 Å². The van der Waals surface area contributed by atoms with Crippen LogP contribution in [0.1, 0.15) is 22.3 Å². The summed E-state index contributed by atoms with van der Waals surface area (Å²) < 4.78 is 0. The van der Waals surface area contributed by atoms with Crippen molar-refractivity contribution >= 4 is 0 Å². The van der Waals surface area contributed by atoms with Crippen LogP contribution in [-0.2, 0) is 5.66 Å². The van der Waals surface area contributed by atoms with E-state index in [0.29, 0.717) is 0 Å². The molecule has 0 saturated carbocycles. The summed E-state index contributed by atoms with van der Waals surface area (Å²) in [7, 11) is 0. The van der Waals surface area contributed by atoms with E-state index in [0.717, 1.165) is 22.3 Å². The lowest BCUT2D eigenvalue weighted by molar-refractivity contribution is 0.493. The minimum absolute atomic E-state index is 0.842. The van der Waals surface area contributed by atoms with Crippen molar-refractivity contribution < 1.29 is 0 Å². The Bertz CT molecular complexity index is 752. The summed E-state index contributed by atoms with van der Waals surface area (Å²) >= 11 is 0. The summed E-state index contributed by atoms with van der Waals surface area (Å²) in [6.07, 6.45) is 0. The van der Waals surface area contributed by atoms with E-state index >= 15 is 0 Å². The zero-order valence-electron chi connectivity index (χ0n) is 12.7. The van der Waals surface area contributed by atoms with E-state index < -0.39 is 5.66 Å². The van der Waals surface area contributed by atoms with Gasteiger partial charge in [-0.2, -0.15) is 0 Å². The van der Waals surface area contributed by atoms with Crippen molar-refractivity contribution in [3.63, 3.8) is 0 Å². The molecule has 0 saturated heterocycles. The fourth-order valence-corrected chi connectivity index (χ4v) is 2.55. The fraction of sp³-hybridized carbons (Fsp3) is 0.200. The first-order valence-corrected chi connectivity index (χ1v) is 7.00. The molecule has 8 heteroatoms. The highest BCUT2D eigenvalue weighted by molar-refractivity contribution is 5.45. The molecule has 0 bridgehead atoms. The van der Waals surface area contributed by atoms with Gasteiger partial charge in [0, 0.05) is 11.1 Å². The topological polar surface area (TPSA) is 98.9 Å². The maximum absolute atomic E-state index is 4.32. The molecule has 1 heterocycles. The molecule has 8 nitrogen and oxygen atoms in total. The molecule has 0 atom stereocenters. The monoisotopic (exact) mass is 306 g/mol. The van der Waals surface area contributed by atoms with Crippen LogP contribution in [0.2, 0.25) is 0 Å². The SMILES string of the molecule is Cc1ccccc1C1(c2ccccc2C)N=NN=NN=NN=N1. The fourth-order valence-electron chi connectivity index (χ4n) is 2.55. The van der Waals surface area contributed by atoms with Crippen molar-refractivity contribution in [2.75, 3.05) is 0 Å². The zero-order valence-corrected chi connectivity index (χ0v) is 12.7. The Labute approximate surface area is 132 Å². The van der Waals surface area contributed by atoms with Crippen molar-refractivity contribution in [1.29, 1.82) is 0 Å². The van der Waals surface area contributed by atoms with Crippen LogP contribution in [0.15, 0.2) is 90.1 Å². The minimum Gasteiger partial charge on any atom is -0.124 e. The Balaban J connectivity index is 2.34. The maximum atomic E-state index is 4.32. The lowest BCUT2D eigenvalue weighted by atomic mass is 9.87. The number of hydrogen-bond donors (Lipinski definition) is 0. The molecule has 0 amide bonds. The van der Waals surface area contributed by atoms with Gasteiger partial charge in [0.1, 0.15) is 0 Å². The van der Waals surface area contributed by atoms with Gasteiger partial charge in [-0.3, -0.25) is 0 Å². The van der Waals surface area contributed by atoms with E-state index in [2.05, 4.69) is 41.6 Å². The highest BCUT2D eigenvalue weighted by atomic mass is 15.7. The average Bonchev–Trinajstić information content (AvgIpc) is 2.68. The van der Waals surface area contributed by atoms with Crippen LogP contribution >= 0.6 is 0 Å². The Hall–Kier alpha value is -3.16. The molecule has 2 aromatic carbocycles. The van der Waals surface area contributed by atoms with Crippen molar-refractivity contribution in [3.8, 4) is 0 Å². The van der Waals surface area contributed by atoms with Gasteiger partial charge in [-0.25, -0.2) is 0 Å². The van der Waals surface area contributed by atoms with Crippen LogP contribution < -0.4 is 0 Å². The van der Waals surface area contributed by atoms with E-state index in [9.17, 15) is 0 Å². The van der Waals surface area contributed by atoms with E-state index in [1.807, 2.05) is 62.4 Å². The molecule has 0 unspecified atom stereocenters. The van der Waals surface area contributed by atoms with Gasteiger partial charge in [0.05, 0.1) is 0 Å². The standard InChI is InChI=1S/C15H14N8/c1-11-7-3-5-9-13(11)15(14-10-6-4-8-12(14)2)16-18-20-22-23-21-19-17-15/h3-10H,1-2H3. The minimum atomic E-state index is -1.18. The Morgan fingerprint density at radius 1 is 0.565 bits per heavy atom. The first-order chi connectivity index (χ1) is 11.2. The molecule has 0 fully saturated rings. The number of hydrogen-bond acceptors (Lipinski definition) is 8. The van der Waals surface area contributed by atoms with Crippen molar-refractivity contribution in [2.45, 2.75) is 19.5 Å². The van der Waals surface area contributed by atoms with Crippen molar-refractivity contribution in [3.05, 3.63) is 70.8 Å². The Morgan fingerprint density at radius 3 is 1.39 bits per heavy atom. The van der Waals surface area contributed by atoms with E-state index in [-0.39, 0.29) is 0 Å². The van der Waals surface area contributed by atoms with Gasteiger partial charge in [0.25, 0.3) is 0 Å². The lowest BCUT2D eigenvalue weighted by Crippen LogP contribution is -2.24. The van der Waals surface area contributed by atoms with E-state index in [1.54, 1.807) is 0 Å². The molecule has 0 aliphatic carbocycles. The van der Waals surface area contributed by atoms with Crippen LogP contribution in [0.5, 0.6) is 0 Å². The van der Waals surface area contributed by atoms with Crippen molar-refractivity contribution in [2.24, 2.45) is 41.6 Å². The second-order valence-corrected chi connectivity index (χ2v) is 5.04. The lowest BCUT2D eigenvalue weighted by Gasteiger charge is -2.26. The van der Waals surface area contributed by atoms with Gasteiger partial charge >= 0.3 is 0 Å². The van der Waals surface area contributed by atoms with Crippen LogP contribution in [0.25, 0.3) is 0 Å². The van der Waals surface area contributed by atoms with Crippen LogP contribution in [-0.4, -0.2) is 0 Å². The predicted molar refractivity (Wildman–Crippen MR) is 82.6 cm³/mol. The van der Waals surface area contributed by atoms with Crippen LogP contribution in [0.3, 0.4) is 0 Å². The molecule has 0 aromatic heterocycles. The van der Waals surface area contributed by atoms with Gasteiger partial charge < -0.3 is 0 Å². The third kappa shape index (κ3) is 2.78. The highest BCUT2D eigenvalue weighted by Crippen LogP contribution is 2.39. The van der Waals surface area contributed by atoms with Crippen LogP contribution in [0, 0.1) is 13.8 Å². The van der Waals surface area contributed by atoms with Gasteiger partial charge in [-0.05, 0) is 56.3 Å². The Kier molecular flexibility index (Phi) is 4.05. The summed E-state index contributed by atoms with van der Waals surface area (Å²) in [5.41, 5.74) is 2.51. The molecule has 114 valence electrons. The van der Waals surface area contributed by atoms with Gasteiger partial charge in [0.2, 0.25) is 5.66 Å². The first-order valence-electron chi connectivity index (χ1n) is 7.00. The highest BCUT2D eigenvalue weighted by Gasteiger charge is 2.38. The maximum Gasteiger partial charge on any atom is 0.245 e. The summed E-state index contributed by atoms with van der Waals surface area (Å²) in [4.78, 5) is 0. The zero-order chi connectivity index (χ0) is 16.1. The van der Waals surface area contributed by atoms with E-state index in [4.69, 9.17) is 0 Å². The van der Waals surface area contributed by atoms with Gasteiger partial charge in [-0.1, -0.05) is 48.5 Å². The third-order valence-electron chi connectivity index (χ3n) is 3.62. The molecule has 3 rings (SSSR count). The molecule has 0 spiro atoms. The number of nitrogens with zero attached hydrogens (tertiary/aromatic N) is 8. The quantitative estimate of drug-likeness (QED) is 0.739. The summed E-state index contributed by atoms with van der Waals surface area (Å²) in [5, 5.41) is 29.9. The Morgan fingerprint density at radius 2 is 0.957 bits per heavy atom. The molecule has 1 aliphatic rings. The van der Waals surface area contributed by atoms with E-state index in [1.165, 1.54) is 0 Å². The number of rotatable bonds is 2. The molecule has 23 heavy (non-hydrogen) atoms. The summed E-state index contributed by atoms with van der Waals surface area (Å²) in [6, 6.07) is 15.6. The predicted octanol–water partition coefficient (Wildman–Crippen LogP) is 5.07. The number of benzene rings is 2. The third-order valence-corrected chi connectivity index (χ3v) is 3.62. The average molecular weight is 306 g/mol. The molecule has 2 aromatic rings. The summed E-state index contributed by atoms with van der Waals surface area (Å²) in [6.45, 7) is 3.96.